The number of carbonyl (C=O) groups is 2. The highest BCUT2D eigenvalue weighted by atomic mass is 32.2. The minimum Gasteiger partial charge on any atom is -0.375 e. The lowest BCUT2D eigenvalue weighted by Crippen LogP contribution is -2.16. The molecule has 2 rings (SSSR count). The maximum atomic E-state index is 11.9. The first kappa shape index (κ1) is 15.6. The lowest BCUT2D eigenvalue weighted by molar-refractivity contribution is -0.119. The van der Waals surface area contributed by atoms with Crippen LogP contribution in [0.4, 0.5) is 5.13 Å². The lowest BCUT2D eigenvalue weighted by atomic mass is 10.2. The normalized spacial score (nSPS) is 10.3. The minimum atomic E-state index is -0.287. The summed E-state index contributed by atoms with van der Waals surface area (Å²) in [6, 6.07) is 9.07. The zero-order chi connectivity index (χ0) is 15.1. The summed E-state index contributed by atoms with van der Waals surface area (Å²) in [6.07, 6.45) is 0. The molecule has 0 saturated heterocycles. The summed E-state index contributed by atoms with van der Waals surface area (Å²) in [5.74, 6) is 0.0244. The van der Waals surface area contributed by atoms with Crippen LogP contribution in [0.1, 0.15) is 10.4 Å². The number of ether oxygens (including phenoxy) is 1. The molecule has 0 aliphatic rings. The van der Waals surface area contributed by atoms with Crippen LogP contribution in [0.5, 0.6) is 0 Å². The van der Waals surface area contributed by atoms with Crippen molar-refractivity contribution < 1.29 is 14.3 Å². The Balaban J connectivity index is 1.85. The molecule has 1 aromatic heterocycles. The summed E-state index contributed by atoms with van der Waals surface area (Å²) >= 11 is 2.52. The van der Waals surface area contributed by atoms with Crippen LogP contribution >= 0.6 is 23.1 Å². The summed E-state index contributed by atoms with van der Waals surface area (Å²) in [6.45, 7) is -0.0332. The molecular formula is C13H13N3O3S2. The molecule has 6 nitrogen and oxygen atoms in total. The molecule has 1 N–H and O–H groups in total. The Bertz CT molecular complexity index is 616. The fraction of sp³-hybridized carbons (Fsp3) is 0.231. The van der Waals surface area contributed by atoms with Crippen LogP contribution in [-0.2, 0) is 9.53 Å². The van der Waals surface area contributed by atoms with Gasteiger partial charge in [0.25, 0.3) is 5.91 Å². The highest BCUT2D eigenvalue weighted by molar-refractivity contribution is 8.01. The molecule has 0 aliphatic carbocycles. The van der Waals surface area contributed by atoms with Gasteiger partial charge in [0.1, 0.15) is 6.61 Å². The summed E-state index contributed by atoms with van der Waals surface area (Å²) in [5, 5.41) is 10.7. The van der Waals surface area contributed by atoms with Crippen molar-refractivity contribution in [2.75, 3.05) is 24.8 Å². The average Bonchev–Trinajstić information content (AvgIpc) is 2.93. The molecule has 0 spiro atoms. The van der Waals surface area contributed by atoms with Gasteiger partial charge in [-0.25, -0.2) is 0 Å². The molecule has 2 aromatic rings. The first-order valence-corrected chi connectivity index (χ1v) is 7.82. The minimum absolute atomic E-state index is 0.0285. The van der Waals surface area contributed by atoms with E-state index in [4.69, 9.17) is 4.74 Å². The molecule has 0 aliphatic heterocycles. The number of thioether (sulfide) groups is 1. The van der Waals surface area contributed by atoms with E-state index in [0.29, 0.717) is 15.0 Å². The number of carbonyl (C=O) groups excluding carboxylic acids is 2. The SMILES string of the molecule is COCC(=O)Nc1nnc(SCC(=O)c2ccccc2)s1. The zero-order valence-electron chi connectivity index (χ0n) is 11.2. The van der Waals surface area contributed by atoms with Crippen LogP contribution in [-0.4, -0.2) is 41.4 Å². The number of rotatable bonds is 7. The number of methoxy groups -OCH3 is 1. The Morgan fingerprint density at radius 2 is 2.05 bits per heavy atom. The summed E-state index contributed by atoms with van der Waals surface area (Å²) in [7, 11) is 1.44. The van der Waals surface area contributed by atoms with E-state index >= 15 is 0 Å². The van der Waals surface area contributed by atoms with Gasteiger partial charge in [0.2, 0.25) is 5.13 Å². The molecular weight excluding hydrogens is 310 g/mol. The molecule has 0 radical (unpaired) electrons. The zero-order valence-corrected chi connectivity index (χ0v) is 12.9. The quantitative estimate of drug-likeness (QED) is 0.477. The van der Waals surface area contributed by atoms with Crippen molar-refractivity contribution in [3.05, 3.63) is 35.9 Å². The number of Topliss-reactive ketones (excluding diaryl/α,β-unsaturated/α-hetero) is 1. The van der Waals surface area contributed by atoms with E-state index < -0.39 is 0 Å². The molecule has 21 heavy (non-hydrogen) atoms. The smallest absolute Gasteiger partial charge is 0.252 e. The van der Waals surface area contributed by atoms with Crippen LogP contribution in [0.3, 0.4) is 0 Å². The van der Waals surface area contributed by atoms with Gasteiger partial charge >= 0.3 is 0 Å². The van der Waals surface area contributed by atoms with Crippen LogP contribution in [0, 0.1) is 0 Å². The Morgan fingerprint density at radius 1 is 1.29 bits per heavy atom. The molecule has 110 valence electrons. The second kappa shape index (κ2) is 7.87. The van der Waals surface area contributed by atoms with Gasteiger partial charge in [-0.2, -0.15) is 0 Å². The maximum Gasteiger partial charge on any atom is 0.252 e. The molecule has 1 aromatic carbocycles. The van der Waals surface area contributed by atoms with Crippen molar-refractivity contribution in [2.45, 2.75) is 4.34 Å². The van der Waals surface area contributed by atoms with Gasteiger partial charge in [-0.1, -0.05) is 53.4 Å². The number of benzene rings is 1. The molecule has 0 atom stereocenters. The molecule has 1 amide bonds. The number of aromatic nitrogens is 2. The predicted octanol–water partition coefficient (Wildman–Crippen LogP) is 2.10. The van der Waals surface area contributed by atoms with Gasteiger partial charge in [0.05, 0.1) is 5.75 Å². The van der Waals surface area contributed by atoms with Gasteiger partial charge < -0.3 is 4.74 Å². The fourth-order valence-electron chi connectivity index (χ4n) is 1.44. The average molecular weight is 323 g/mol. The van der Waals surface area contributed by atoms with Crippen LogP contribution in [0.15, 0.2) is 34.7 Å². The molecule has 1 heterocycles. The second-order valence-corrected chi connectivity index (χ2v) is 6.13. The number of hydrogen-bond donors (Lipinski definition) is 1. The Hall–Kier alpha value is -1.77. The molecule has 0 fully saturated rings. The summed E-state index contributed by atoms with van der Waals surface area (Å²) in [4.78, 5) is 23.3. The van der Waals surface area contributed by atoms with Crippen molar-refractivity contribution in [3.8, 4) is 0 Å². The van der Waals surface area contributed by atoms with Crippen LogP contribution < -0.4 is 5.32 Å². The van der Waals surface area contributed by atoms with E-state index in [1.165, 1.54) is 30.2 Å². The van der Waals surface area contributed by atoms with Crippen molar-refractivity contribution in [1.82, 2.24) is 10.2 Å². The standard InChI is InChI=1S/C13H13N3O3S2/c1-19-7-11(18)14-12-15-16-13(21-12)20-8-10(17)9-5-3-2-4-6-9/h2-6H,7-8H2,1H3,(H,14,15,18). The summed E-state index contributed by atoms with van der Waals surface area (Å²) in [5.41, 5.74) is 0.670. The number of ketones is 1. The number of anilines is 1. The van der Waals surface area contributed by atoms with Crippen LogP contribution in [0.2, 0.25) is 0 Å². The Labute approximate surface area is 129 Å². The largest absolute Gasteiger partial charge is 0.375 e. The van der Waals surface area contributed by atoms with Gasteiger partial charge in [-0.3, -0.25) is 14.9 Å². The number of nitrogens with zero attached hydrogens (tertiary/aromatic N) is 2. The van der Waals surface area contributed by atoms with Gasteiger partial charge in [0.15, 0.2) is 10.1 Å². The van der Waals surface area contributed by atoms with Gasteiger partial charge in [0, 0.05) is 12.7 Å². The molecule has 0 saturated carbocycles. The first-order chi connectivity index (χ1) is 10.2. The highest BCUT2D eigenvalue weighted by Crippen LogP contribution is 2.26. The van der Waals surface area contributed by atoms with E-state index in [-0.39, 0.29) is 24.1 Å². The van der Waals surface area contributed by atoms with Crippen molar-refractivity contribution in [1.29, 1.82) is 0 Å². The Morgan fingerprint density at radius 3 is 2.76 bits per heavy atom. The predicted molar refractivity (Wildman–Crippen MR) is 81.9 cm³/mol. The lowest BCUT2D eigenvalue weighted by Gasteiger charge is -1.98. The third-order valence-corrected chi connectivity index (χ3v) is 4.32. The van der Waals surface area contributed by atoms with Crippen molar-refractivity contribution >= 4 is 39.9 Å². The number of amides is 1. The number of nitrogens with one attached hydrogen (secondary N) is 1. The topological polar surface area (TPSA) is 81.2 Å². The maximum absolute atomic E-state index is 11.9. The van der Waals surface area contributed by atoms with Crippen molar-refractivity contribution in [2.24, 2.45) is 0 Å². The number of hydrogen-bond acceptors (Lipinski definition) is 7. The van der Waals surface area contributed by atoms with E-state index in [2.05, 4.69) is 15.5 Å². The molecule has 0 unspecified atom stereocenters. The Kier molecular flexibility index (Phi) is 5.85. The monoisotopic (exact) mass is 323 g/mol. The third-order valence-electron chi connectivity index (χ3n) is 2.35. The van der Waals surface area contributed by atoms with Crippen molar-refractivity contribution in [3.63, 3.8) is 0 Å². The van der Waals surface area contributed by atoms with Crippen LogP contribution in [0.25, 0.3) is 0 Å². The fourth-order valence-corrected chi connectivity index (χ4v) is 3.10. The molecule has 8 heteroatoms. The highest BCUT2D eigenvalue weighted by Gasteiger charge is 2.11. The van der Waals surface area contributed by atoms with E-state index in [1.807, 2.05) is 18.2 Å². The second-order valence-electron chi connectivity index (χ2n) is 3.93. The molecule has 0 bridgehead atoms. The van der Waals surface area contributed by atoms with E-state index in [9.17, 15) is 9.59 Å². The van der Waals surface area contributed by atoms with E-state index in [1.54, 1.807) is 12.1 Å². The van der Waals surface area contributed by atoms with E-state index in [0.717, 1.165) is 0 Å². The van der Waals surface area contributed by atoms with Gasteiger partial charge in [-0.05, 0) is 0 Å². The summed E-state index contributed by atoms with van der Waals surface area (Å²) < 4.78 is 5.34. The first-order valence-electron chi connectivity index (χ1n) is 6.02. The third kappa shape index (κ3) is 4.92. The van der Waals surface area contributed by atoms with Gasteiger partial charge in [-0.15, -0.1) is 10.2 Å².